The Morgan fingerprint density at radius 3 is 1.77 bits per heavy atom. The maximum absolute atomic E-state index is 6.71. The van der Waals surface area contributed by atoms with Crippen molar-refractivity contribution in [3.05, 3.63) is 125 Å². The molecule has 6 nitrogen and oxygen atoms in total. The van der Waals surface area contributed by atoms with E-state index in [1.54, 1.807) is 0 Å². The Morgan fingerprint density at radius 2 is 1.23 bits per heavy atom. The first-order chi connectivity index (χ1) is 19.2. The van der Waals surface area contributed by atoms with Crippen LogP contribution in [0.1, 0.15) is 48.2 Å². The lowest BCUT2D eigenvalue weighted by atomic mass is 10.1. The highest BCUT2D eigenvalue weighted by atomic mass is 16.6. The molecule has 0 saturated carbocycles. The number of rotatable bonds is 13. The SMILES string of the molecule is CCc1cc(CC)n([C@@H]2O[C@H](COCc3ccccc3)[C@@H](OCc3ccccc3)[C@H]2OCc2ccccc2)n1. The lowest BCUT2D eigenvalue weighted by molar-refractivity contribution is -0.0938. The highest BCUT2D eigenvalue weighted by molar-refractivity contribution is 5.16. The Hall–Kier alpha value is -3.29. The van der Waals surface area contributed by atoms with Gasteiger partial charge in [0.25, 0.3) is 0 Å². The fourth-order valence-electron chi connectivity index (χ4n) is 4.97. The van der Waals surface area contributed by atoms with Crippen molar-refractivity contribution in [1.82, 2.24) is 9.78 Å². The summed E-state index contributed by atoms with van der Waals surface area (Å²) in [5.74, 6) is 0. The molecule has 0 aliphatic carbocycles. The van der Waals surface area contributed by atoms with Crippen molar-refractivity contribution in [3.8, 4) is 0 Å². The Labute approximate surface area is 231 Å². The lowest BCUT2D eigenvalue weighted by Crippen LogP contribution is -2.38. The average Bonchev–Trinajstić information content (AvgIpc) is 3.57. The summed E-state index contributed by atoms with van der Waals surface area (Å²) >= 11 is 0. The molecule has 39 heavy (non-hydrogen) atoms. The molecular weight excluding hydrogens is 488 g/mol. The van der Waals surface area contributed by atoms with E-state index in [4.69, 9.17) is 24.0 Å². The molecule has 0 unspecified atom stereocenters. The smallest absolute Gasteiger partial charge is 0.179 e. The van der Waals surface area contributed by atoms with E-state index >= 15 is 0 Å². The van der Waals surface area contributed by atoms with E-state index in [0.29, 0.717) is 26.4 Å². The Morgan fingerprint density at radius 1 is 0.692 bits per heavy atom. The molecule has 1 aliphatic heterocycles. The van der Waals surface area contributed by atoms with E-state index < -0.39 is 6.23 Å². The first kappa shape index (κ1) is 27.3. The molecule has 204 valence electrons. The van der Waals surface area contributed by atoms with Crippen molar-refractivity contribution >= 4 is 0 Å². The van der Waals surface area contributed by atoms with Crippen molar-refractivity contribution < 1.29 is 18.9 Å². The molecule has 1 saturated heterocycles. The largest absolute Gasteiger partial charge is 0.374 e. The van der Waals surface area contributed by atoms with E-state index in [9.17, 15) is 0 Å². The van der Waals surface area contributed by atoms with Crippen LogP contribution < -0.4 is 0 Å². The third kappa shape index (κ3) is 7.02. The third-order valence-electron chi connectivity index (χ3n) is 7.08. The van der Waals surface area contributed by atoms with Crippen LogP contribution in [0.4, 0.5) is 0 Å². The van der Waals surface area contributed by atoms with Gasteiger partial charge in [0.05, 0.1) is 32.1 Å². The van der Waals surface area contributed by atoms with Crippen LogP contribution in [0.5, 0.6) is 0 Å². The zero-order valence-electron chi connectivity index (χ0n) is 22.8. The zero-order valence-corrected chi connectivity index (χ0v) is 22.8. The van der Waals surface area contributed by atoms with Gasteiger partial charge < -0.3 is 18.9 Å². The second-order valence-corrected chi connectivity index (χ2v) is 9.87. The highest BCUT2D eigenvalue weighted by Crippen LogP contribution is 2.36. The molecule has 0 amide bonds. The van der Waals surface area contributed by atoms with Gasteiger partial charge >= 0.3 is 0 Å². The fraction of sp³-hybridized carbons (Fsp3) is 0.364. The summed E-state index contributed by atoms with van der Waals surface area (Å²) in [6.45, 7) is 6.08. The van der Waals surface area contributed by atoms with Gasteiger partial charge in [-0.1, -0.05) is 105 Å². The van der Waals surface area contributed by atoms with Gasteiger partial charge in [-0.3, -0.25) is 0 Å². The molecule has 2 heterocycles. The molecule has 1 aromatic heterocycles. The first-order valence-electron chi connectivity index (χ1n) is 13.9. The van der Waals surface area contributed by atoms with Crippen molar-refractivity contribution in [2.45, 2.75) is 71.0 Å². The number of nitrogens with zero attached hydrogens (tertiary/aromatic N) is 2. The molecule has 3 aromatic carbocycles. The van der Waals surface area contributed by atoms with Crippen LogP contribution in [0.25, 0.3) is 0 Å². The molecular formula is C33H38N2O4. The quantitative estimate of drug-likeness (QED) is 0.205. The molecule has 1 fully saturated rings. The standard InChI is InChI=1S/C33H38N2O4/c1-3-28-20-29(4-2)35(34-28)33-32(38-23-27-18-12-7-13-19-27)31(37-22-26-16-10-6-11-17-26)30(39-33)24-36-21-25-14-8-5-9-15-25/h5-20,30-33H,3-4,21-24H2,1-2H3/t30-,31-,32-,33-/m1/s1. The molecule has 0 N–H and O–H groups in total. The van der Waals surface area contributed by atoms with Crippen molar-refractivity contribution in [2.75, 3.05) is 6.61 Å². The van der Waals surface area contributed by atoms with Crippen LogP contribution in [-0.2, 0) is 51.6 Å². The second kappa shape index (κ2) is 13.7. The van der Waals surface area contributed by atoms with Crippen LogP contribution in [0, 0.1) is 0 Å². The first-order valence-corrected chi connectivity index (χ1v) is 13.9. The average molecular weight is 527 g/mol. The van der Waals surface area contributed by atoms with Gasteiger partial charge in [0.1, 0.15) is 18.3 Å². The van der Waals surface area contributed by atoms with E-state index in [1.807, 2.05) is 59.3 Å². The van der Waals surface area contributed by atoms with Crippen LogP contribution >= 0.6 is 0 Å². The van der Waals surface area contributed by atoms with Crippen LogP contribution in [0.3, 0.4) is 0 Å². The number of hydrogen-bond donors (Lipinski definition) is 0. The fourth-order valence-corrected chi connectivity index (χ4v) is 4.97. The maximum Gasteiger partial charge on any atom is 0.179 e. The Kier molecular flexibility index (Phi) is 9.57. The van der Waals surface area contributed by atoms with Gasteiger partial charge in [-0.05, 0) is 35.6 Å². The number of ether oxygens (including phenoxy) is 4. The number of aryl methyl sites for hydroxylation is 2. The van der Waals surface area contributed by atoms with Crippen LogP contribution in [0.2, 0.25) is 0 Å². The van der Waals surface area contributed by atoms with Crippen LogP contribution in [0.15, 0.2) is 97.1 Å². The molecule has 5 rings (SSSR count). The molecule has 4 aromatic rings. The number of hydrogen-bond acceptors (Lipinski definition) is 5. The van der Waals surface area contributed by atoms with Gasteiger partial charge in [-0.25, -0.2) is 4.68 Å². The maximum atomic E-state index is 6.71. The molecule has 0 bridgehead atoms. The Bertz CT molecular complexity index is 1260. The second-order valence-electron chi connectivity index (χ2n) is 9.87. The zero-order chi connectivity index (χ0) is 26.9. The van der Waals surface area contributed by atoms with Gasteiger partial charge in [0.2, 0.25) is 0 Å². The van der Waals surface area contributed by atoms with Crippen molar-refractivity contribution in [2.24, 2.45) is 0 Å². The van der Waals surface area contributed by atoms with E-state index in [2.05, 4.69) is 56.3 Å². The third-order valence-corrected chi connectivity index (χ3v) is 7.08. The minimum absolute atomic E-state index is 0.317. The lowest BCUT2D eigenvalue weighted by Gasteiger charge is -2.26. The van der Waals surface area contributed by atoms with Crippen LogP contribution in [-0.4, -0.2) is 34.7 Å². The van der Waals surface area contributed by atoms with E-state index in [0.717, 1.165) is 40.9 Å². The monoisotopic (exact) mass is 526 g/mol. The van der Waals surface area contributed by atoms with E-state index in [-0.39, 0.29) is 18.3 Å². The predicted molar refractivity (Wildman–Crippen MR) is 151 cm³/mol. The highest BCUT2D eigenvalue weighted by Gasteiger charge is 2.48. The van der Waals surface area contributed by atoms with Gasteiger partial charge in [0, 0.05) is 5.69 Å². The molecule has 4 atom stereocenters. The van der Waals surface area contributed by atoms with Crippen molar-refractivity contribution in [1.29, 1.82) is 0 Å². The normalized spacial score (nSPS) is 20.9. The summed E-state index contributed by atoms with van der Waals surface area (Å²) < 4.78 is 28.1. The summed E-state index contributed by atoms with van der Waals surface area (Å²) in [6.07, 6.45) is 0.267. The number of aromatic nitrogens is 2. The minimum Gasteiger partial charge on any atom is -0.374 e. The summed E-state index contributed by atoms with van der Waals surface area (Å²) in [6, 6.07) is 32.8. The van der Waals surface area contributed by atoms with Crippen molar-refractivity contribution in [3.63, 3.8) is 0 Å². The van der Waals surface area contributed by atoms with Gasteiger partial charge in [0.15, 0.2) is 6.23 Å². The van der Waals surface area contributed by atoms with Gasteiger partial charge in [-0.2, -0.15) is 5.10 Å². The summed E-state index contributed by atoms with van der Waals surface area (Å²) in [5, 5.41) is 4.92. The van der Waals surface area contributed by atoms with Gasteiger partial charge in [-0.15, -0.1) is 0 Å². The number of benzene rings is 3. The minimum atomic E-state index is -0.421. The summed E-state index contributed by atoms with van der Waals surface area (Å²) in [4.78, 5) is 0. The molecule has 6 heteroatoms. The summed E-state index contributed by atoms with van der Waals surface area (Å²) in [5.41, 5.74) is 5.50. The molecule has 0 radical (unpaired) electrons. The summed E-state index contributed by atoms with van der Waals surface area (Å²) in [7, 11) is 0. The molecule has 1 aliphatic rings. The topological polar surface area (TPSA) is 54.7 Å². The molecule has 0 spiro atoms. The Balaban J connectivity index is 1.41. The van der Waals surface area contributed by atoms with E-state index in [1.165, 1.54) is 0 Å². The predicted octanol–water partition coefficient (Wildman–Crippen LogP) is 6.29.